The van der Waals surface area contributed by atoms with E-state index in [4.69, 9.17) is 4.74 Å². The standard InChI is InChI=1S/C15H16N4O4S/c1-18-6-9(3-4-13(18)20)14(21)16-10-7-19(8-10)15(22)11-5-12(23-2)17-24-11/h3-6,10H,7-8H2,1-2H3,(H,16,21). The molecule has 0 spiro atoms. The van der Waals surface area contributed by atoms with E-state index in [9.17, 15) is 14.4 Å². The number of methoxy groups -OCH3 is 1. The van der Waals surface area contributed by atoms with Gasteiger partial charge in [0.25, 0.3) is 11.8 Å². The zero-order valence-electron chi connectivity index (χ0n) is 13.2. The minimum atomic E-state index is -0.262. The number of pyridine rings is 1. The summed E-state index contributed by atoms with van der Waals surface area (Å²) in [6.45, 7) is 0.882. The van der Waals surface area contributed by atoms with Gasteiger partial charge >= 0.3 is 0 Å². The predicted molar refractivity (Wildman–Crippen MR) is 87.5 cm³/mol. The molecule has 0 radical (unpaired) electrons. The summed E-state index contributed by atoms with van der Waals surface area (Å²) in [5, 5.41) is 2.85. The van der Waals surface area contributed by atoms with Crippen molar-refractivity contribution in [2.45, 2.75) is 6.04 Å². The Hall–Kier alpha value is -2.68. The van der Waals surface area contributed by atoms with Crippen molar-refractivity contribution in [3.8, 4) is 5.88 Å². The fourth-order valence-electron chi connectivity index (χ4n) is 2.34. The van der Waals surface area contributed by atoms with E-state index in [2.05, 4.69) is 9.69 Å². The molecule has 0 aliphatic carbocycles. The highest BCUT2D eigenvalue weighted by Gasteiger charge is 2.33. The number of ether oxygens (including phenoxy) is 1. The molecule has 2 aromatic heterocycles. The van der Waals surface area contributed by atoms with Gasteiger partial charge in [-0.3, -0.25) is 14.4 Å². The van der Waals surface area contributed by atoms with Gasteiger partial charge in [-0.25, -0.2) is 0 Å². The molecule has 126 valence electrons. The van der Waals surface area contributed by atoms with Crippen LogP contribution < -0.4 is 15.6 Å². The number of amides is 2. The second-order valence-corrected chi connectivity index (χ2v) is 6.29. The Morgan fingerprint density at radius 1 is 1.38 bits per heavy atom. The van der Waals surface area contributed by atoms with Crippen LogP contribution in [0.15, 0.2) is 29.2 Å². The van der Waals surface area contributed by atoms with Crippen molar-refractivity contribution >= 4 is 23.3 Å². The van der Waals surface area contributed by atoms with E-state index in [0.29, 0.717) is 29.4 Å². The minimum Gasteiger partial charge on any atom is -0.480 e. The quantitative estimate of drug-likeness (QED) is 0.846. The van der Waals surface area contributed by atoms with Crippen LogP contribution in [-0.2, 0) is 7.05 Å². The van der Waals surface area contributed by atoms with Crippen molar-refractivity contribution in [1.29, 1.82) is 0 Å². The second kappa shape index (κ2) is 6.44. The number of rotatable bonds is 4. The number of aromatic nitrogens is 2. The van der Waals surface area contributed by atoms with Crippen molar-refractivity contribution in [1.82, 2.24) is 19.2 Å². The lowest BCUT2D eigenvalue weighted by molar-refractivity contribution is 0.0547. The molecule has 0 unspecified atom stereocenters. The van der Waals surface area contributed by atoms with Crippen LogP contribution in [0.4, 0.5) is 0 Å². The summed E-state index contributed by atoms with van der Waals surface area (Å²) in [4.78, 5) is 37.9. The first-order valence-corrected chi connectivity index (χ1v) is 8.03. The minimum absolute atomic E-state index is 0.103. The zero-order chi connectivity index (χ0) is 17.3. The summed E-state index contributed by atoms with van der Waals surface area (Å²) < 4.78 is 10.3. The second-order valence-electron chi connectivity index (χ2n) is 5.48. The summed E-state index contributed by atoms with van der Waals surface area (Å²) in [5.74, 6) is 0.0361. The smallest absolute Gasteiger partial charge is 0.265 e. The van der Waals surface area contributed by atoms with E-state index >= 15 is 0 Å². The summed E-state index contributed by atoms with van der Waals surface area (Å²) >= 11 is 1.09. The van der Waals surface area contributed by atoms with Gasteiger partial charge in [-0.1, -0.05) is 0 Å². The molecule has 0 aromatic carbocycles. The Morgan fingerprint density at radius 2 is 2.12 bits per heavy atom. The van der Waals surface area contributed by atoms with E-state index in [1.54, 1.807) is 18.0 Å². The van der Waals surface area contributed by atoms with Gasteiger partial charge in [0.1, 0.15) is 4.88 Å². The molecular weight excluding hydrogens is 332 g/mol. The Labute approximate surface area is 141 Å². The molecule has 1 N–H and O–H groups in total. The molecule has 0 saturated carbocycles. The first-order chi connectivity index (χ1) is 11.5. The monoisotopic (exact) mass is 348 g/mol. The van der Waals surface area contributed by atoms with Crippen molar-refractivity contribution in [2.75, 3.05) is 20.2 Å². The third kappa shape index (κ3) is 3.16. The highest BCUT2D eigenvalue weighted by molar-refractivity contribution is 7.08. The lowest BCUT2D eigenvalue weighted by Crippen LogP contribution is -2.60. The summed E-state index contributed by atoms with van der Waals surface area (Å²) in [6.07, 6.45) is 1.49. The van der Waals surface area contributed by atoms with Gasteiger partial charge in [0, 0.05) is 38.5 Å². The molecule has 0 atom stereocenters. The number of carbonyl (C=O) groups is 2. The molecule has 3 rings (SSSR count). The molecule has 3 heterocycles. The van der Waals surface area contributed by atoms with Gasteiger partial charge in [-0.05, 0) is 17.6 Å². The molecule has 9 heteroatoms. The maximum absolute atomic E-state index is 12.2. The van der Waals surface area contributed by atoms with Gasteiger partial charge in [-0.15, -0.1) is 0 Å². The lowest BCUT2D eigenvalue weighted by atomic mass is 10.1. The molecule has 2 aromatic rings. The summed E-state index contributed by atoms with van der Waals surface area (Å²) in [6, 6.07) is 4.34. The average molecular weight is 348 g/mol. The molecule has 0 bridgehead atoms. The lowest BCUT2D eigenvalue weighted by Gasteiger charge is -2.39. The van der Waals surface area contributed by atoms with Crippen LogP contribution in [0.1, 0.15) is 20.0 Å². The van der Waals surface area contributed by atoms with Crippen molar-refractivity contribution in [3.63, 3.8) is 0 Å². The van der Waals surface area contributed by atoms with Gasteiger partial charge in [0.15, 0.2) is 0 Å². The molecule has 1 aliphatic heterocycles. The van der Waals surface area contributed by atoms with Crippen molar-refractivity contribution < 1.29 is 14.3 Å². The maximum Gasteiger partial charge on any atom is 0.265 e. The number of likely N-dealkylation sites (tertiary alicyclic amines) is 1. The number of nitrogens with one attached hydrogen (secondary N) is 1. The highest BCUT2D eigenvalue weighted by Crippen LogP contribution is 2.21. The van der Waals surface area contributed by atoms with E-state index in [1.165, 1.54) is 30.0 Å². The summed E-state index contributed by atoms with van der Waals surface area (Å²) in [5.41, 5.74) is 0.237. The third-order valence-electron chi connectivity index (χ3n) is 3.76. The number of nitrogens with zero attached hydrogens (tertiary/aromatic N) is 3. The van der Waals surface area contributed by atoms with E-state index < -0.39 is 0 Å². The number of hydrogen-bond donors (Lipinski definition) is 1. The Bertz CT molecular complexity index is 838. The zero-order valence-corrected chi connectivity index (χ0v) is 14.0. The highest BCUT2D eigenvalue weighted by atomic mass is 32.1. The molecule has 2 amide bonds. The molecule has 8 nitrogen and oxygen atoms in total. The molecule has 1 aliphatic rings. The van der Waals surface area contributed by atoms with Gasteiger partial charge in [-0.2, -0.15) is 4.37 Å². The fraction of sp³-hybridized carbons (Fsp3) is 0.333. The van der Waals surface area contributed by atoms with E-state index in [-0.39, 0.29) is 23.4 Å². The van der Waals surface area contributed by atoms with Crippen LogP contribution in [0.3, 0.4) is 0 Å². The van der Waals surface area contributed by atoms with Crippen LogP contribution in [0.5, 0.6) is 5.88 Å². The van der Waals surface area contributed by atoms with Crippen LogP contribution in [0.25, 0.3) is 0 Å². The van der Waals surface area contributed by atoms with E-state index in [0.717, 1.165) is 11.5 Å². The molecule has 1 saturated heterocycles. The fourth-order valence-corrected chi connectivity index (χ4v) is 3.02. The van der Waals surface area contributed by atoms with Crippen LogP contribution in [0, 0.1) is 0 Å². The Morgan fingerprint density at radius 3 is 2.75 bits per heavy atom. The largest absolute Gasteiger partial charge is 0.480 e. The Kier molecular flexibility index (Phi) is 4.34. The first-order valence-electron chi connectivity index (χ1n) is 7.25. The van der Waals surface area contributed by atoms with Crippen LogP contribution in [0.2, 0.25) is 0 Å². The topological polar surface area (TPSA) is 93.5 Å². The molecular formula is C15H16N4O4S. The first kappa shape index (κ1) is 16.2. The maximum atomic E-state index is 12.2. The normalized spacial score (nSPS) is 14.2. The third-order valence-corrected chi connectivity index (χ3v) is 4.52. The summed E-state index contributed by atoms with van der Waals surface area (Å²) in [7, 11) is 3.09. The SMILES string of the molecule is COc1cc(C(=O)N2CC(NC(=O)c3ccc(=O)n(C)c3)C2)sn1. The number of aryl methyl sites for hydroxylation is 1. The van der Waals surface area contributed by atoms with Crippen molar-refractivity contribution in [3.05, 3.63) is 45.2 Å². The van der Waals surface area contributed by atoms with Gasteiger partial charge in [0.2, 0.25) is 11.4 Å². The Balaban J connectivity index is 1.54. The van der Waals surface area contributed by atoms with Crippen LogP contribution in [-0.4, -0.2) is 51.9 Å². The number of carbonyl (C=O) groups excluding carboxylic acids is 2. The van der Waals surface area contributed by atoms with Crippen LogP contribution >= 0.6 is 11.5 Å². The van der Waals surface area contributed by atoms with Gasteiger partial charge < -0.3 is 19.5 Å². The van der Waals surface area contributed by atoms with E-state index in [1.807, 2.05) is 0 Å². The predicted octanol–water partition coefficient (Wildman–Crippen LogP) is 0.105. The molecule has 24 heavy (non-hydrogen) atoms. The van der Waals surface area contributed by atoms with Gasteiger partial charge in [0.05, 0.1) is 18.7 Å². The average Bonchev–Trinajstić information content (AvgIpc) is 3.01. The number of hydrogen-bond acceptors (Lipinski definition) is 6. The van der Waals surface area contributed by atoms with Crippen molar-refractivity contribution in [2.24, 2.45) is 7.05 Å². The molecule has 1 fully saturated rings.